The van der Waals surface area contributed by atoms with E-state index in [4.69, 9.17) is 4.74 Å². The lowest BCUT2D eigenvalue weighted by molar-refractivity contribution is -0.138. The largest absolute Gasteiger partial charge is 0.416 e. The summed E-state index contributed by atoms with van der Waals surface area (Å²) in [6, 6.07) is 4.21. The molecule has 2 aliphatic heterocycles. The molecule has 0 saturated carbocycles. The van der Waals surface area contributed by atoms with E-state index in [1.807, 2.05) is 0 Å². The molecule has 2 heterocycles. The summed E-state index contributed by atoms with van der Waals surface area (Å²) in [5, 5.41) is 0. The van der Waals surface area contributed by atoms with Crippen LogP contribution in [0, 0.1) is 0 Å². The van der Waals surface area contributed by atoms with Crippen LogP contribution < -0.4 is 0 Å². The van der Waals surface area contributed by atoms with Crippen LogP contribution in [0.15, 0.2) is 28.8 Å². The van der Waals surface area contributed by atoms with Gasteiger partial charge in [0, 0.05) is 10.0 Å². The first-order valence-corrected chi connectivity index (χ1v) is 5.50. The maximum absolute atomic E-state index is 12.8. The molecular weight excluding hydrogens is 285 g/mol. The van der Waals surface area contributed by atoms with Crippen LogP contribution in [-0.2, 0) is 10.9 Å². The summed E-state index contributed by atoms with van der Waals surface area (Å²) in [6.45, 7) is 0. The Labute approximate surface area is 98.0 Å². The van der Waals surface area contributed by atoms with Crippen LogP contribution in [0.5, 0.6) is 0 Å². The number of hydrogen-bond donors (Lipinski definition) is 0. The maximum Gasteiger partial charge on any atom is 0.416 e. The molecule has 0 N–H and O–H groups in total. The zero-order valence-corrected chi connectivity index (χ0v) is 9.47. The first kappa shape index (κ1) is 10.4. The van der Waals surface area contributed by atoms with Crippen molar-refractivity contribution in [3.05, 3.63) is 45.4 Å². The van der Waals surface area contributed by atoms with Crippen LogP contribution in [0.25, 0.3) is 0 Å². The van der Waals surface area contributed by atoms with Crippen molar-refractivity contribution in [1.82, 2.24) is 0 Å². The Morgan fingerprint density at radius 1 is 1.25 bits per heavy atom. The highest BCUT2D eigenvalue weighted by Crippen LogP contribution is 2.54. The second-order valence-electron chi connectivity index (χ2n) is 3.79. The normalized spacial score (nSPS) is 26.9. The zero-order valence-electron chi connectivity index (χ0n) is 7.88. The van der Waals surface area contributed by atoms with Crippen molar-refractivity contribution in [2.24, 2.45) is 0 Å². The molecule has 0 unspecified atom stereocenters. The lowest BCUT2D eigenvalue weighted by Crippen LogP contribution is -2.11. The van der Waals surface area contributed by atoms with Gasteiger partial charge in [-0.05, 0) is 17.7 Å². The smallest absolute Gasteiger partial charge is 0.356 e. The third-order valence-corrected chi connectivity index (χ3v) is 3.54. The Morgan fingerprint density at radius 3 is 2.69 bits per heavy atom. The Kier molecular flexibility index (Phi) is 2.01. The van der Waals surface area contributed by atoms with Gasteiger partial charge in [0.05, 0.1) is 5.56 Å². The van der Waals surface area contributed by atoms with E-state index < -0.39 is 17.8 Å². The lowest BCUT2D eigenvalue weighted by atomic mass is 9.92. The Hall–Kier alpha value is -0.810. The second-order valence-corrected chi connectivity index (χ2v) is 4.71. The van der Waals surface area contributed by atoms with Crippen molar-refractivity contribution in [2.45, 2.75) is 18.4 Å². The van der Waals surface area contributed by atoms with Crippen molar-refractivity contribution < 1.29 is 17.9 Å². The van der Waals surface area contributed by atoms with Crippen molar-refractivity contribution in [1.29, 1.82) is 0 Å². The number of alkyl halides is 3. The van der Waals surface area contributed by atoms with Crippen LogP contribution in [0.1, 0.15) is 28.9 Å². The third-order valence-electron chi connectivity index (χ3n) is 2.86. The molecule has 0 aliphatic carbocycles. The summed E-state index contributed by atoms with van der Waals surface area (Å²) in [7, 11) is 0. The number of benzene rings is 1. The van der Waals surface area contributed by atoms with Gasteiger partial charge in [0.15, 0.2) is 0 Å². The molecule has 84 valence electrons. The fraction of sp³-hybridized carbons (Fsp3) is 0.273. The summed E-state index contributed by atoms with van der Waals surface area (Å²) in [5.74, 6) is 0. The summed E-state index contributed by atoms with van der Waals surface area (Å²) >= 11 is 3.30. The van der Waals surface area contributed by atoms with Crippen LogP contribution >= 0.6 is 15.9 Å². The topological polar surface area (TPSA) is 9.23 Å². The Bertz CT molecular complexity index is 492. The van der Waals surface area contributed by atoms with E-state index in [-0.39, 0.29) is 11.7 Å². The monoisotopic (exact) mass is 290 g/mol. The van der Waals surface area contributed by atoms with Crippen molar-refractivity contribution in [3.8, 4) is 0 Å². The summed E-state index contributed by atoms with van der Waals surface area (Å²) < 4.78 is 44.6. The fourth-order valence-corrected chi connectivity index (χ4v) is 2.83. The average Bonchev–Trinajstić information content (AvgIpc) is 2.73. The molecule has 1 nitrogen and oxygen atoms in total. The number of rotatable bonds is 0. The van der Waals surface area contributed by atoms with Gasteiger partial charge in [-0.3, -0.25) is 0 Å². The quantitative estimate of drug-likeness (QED) is 0.699. The van der Waals surface area contributed by atoms with Gasteiger partial charge >= 0.3 is 6.18 Å². The highest BCUT2D eigenvalue weighted by molar-refractivity contribution is 9.11. The summed E-state index contributed by atoms with van der Waals surface area (Å²) in [4.78, 5) is 0. The number of fused-ring (bicyclic) bond motifs is 5. The number of hydrogen-bond acceptors (Lipinski definition) is 1. The minimum atomic E-state index is -4.32. The minimum Gasteiger partial charge on any atom is -0.356 e. The molecule has 0 fully saturated rings. The molecule has 5 heteroatoms. The van der Waals surface area contributed by atoms with Crippen LogP contribution in [0.4, 0.5) is 13.2 Å². The van der Waals surface area contributed by atoms with Crippen LogP contribution in [0.3, 0.4) is 0 Å². The Morgan fingerprint density at radius 2 is 2.00 bits per heavy atom. The van der Waals surface area contributed by atoms with E-state index in [1.54, 1.807) is 12.1 Å². The molecule has 0 radical (unpaired) electrons. The predicted octanol–water partition coefficient (Wildman–Crippen LogP) is 4.11. The van der Waals surface area contributed by atoms with Gasteiger partial charge in [0.2, 0.25) is 0 Å². The fourth-order valence-electron chi connectivity index (χ4n) is 2.23. The molecule has 1 aromatic carbocycles. The highest BCUT2D eigenvalue weighted by Gasteiger charge is 2.45. The molecule has 0 saturated heterocycles. The minimum absolute atomic E-state index is 0.267. The molecule has 2 bridgehead atoms. The zero-order chi connectivity index (χ0) is 11.5. The molecule has 0 spiro atoms. The first-order chi connectivity index (χ1) is 7.48. The SMILES string of the molecule is FC(F)(F)c1cccc2c1[C@@H]1C=C(Br)[C@H]2O1. The molecule has 3 rings (SSSR count). The lowest BCUT2D eigenvalue weighted by Gasteiger charge is -2.16. The third kappa shape index (κ3) is 1.28. The van der Waals surface area contributed by atoms with Crippen molar-refractivity contribution in [2.75, 3.05) is 0 Å². The second kappa shape index (κ2) is 3.11. The molecular formula is C11H6BrF3O. The van der Waals surface area contributed by atoms with E-state index >= 15 is 0 Å². The van der Waals surface area contributed by atoms with Crippen LogP contribution in [0.2, 0.25) is 0 Å². The van der Waals surface area contributed by atoms with Crippen LogP contribution in [-0.4, -0.2) is 0 Å². The molecule has 16 heavy (non-hydrogen) atoms. The van der Waals surface area contributed by atoms with Gasteiger partial charge in [-0.25, -0.2) is 0 Å². The molecule has 1 aromatic rings. The molecule has 0 amide bonds. The highest BCUT2D eigenvalue weighted by atomic mass is 79.9. The van der Waals surface area contributed by atoms with Gasteiger partial charge < -0.3 is 4.74 Å². The summed E-state index contributed by atoms with van der Waals surface area (Å²) in [5.41, 5.74) is 0.297. The number of ether oxygens (including phenoxy) is 1. The Balaban J connectivity index is 2.21. The van der Waals surface area contributed by atoms with Gasteiger partial charge in [0.1, 0.15) is 12.2 Å². The number of halogens is 4. The van der Waals surface area contributed by atoms with Crippen molar-refractivity contribution >= 4 is 15.9 Å². The maximum atomic E-state index is 12.8. The standard InChI is InChI=1S/C11H6BrF3O/c12-7-4-8-9-5(10(7)16-8)2-1-3-6(9)11(13,14)15/h1-4,8,10H/t8-,10-/m0/s1. The molecule has 2 atom stereocenters. The molecule has 2 aliphatic rings. The predicted molar refractivity (Wildman–Crippen MR) is 55.0 cm³/mol. The van der Waals surface area contributed by atoms with Gasteiger partial charge in [-0.15, -0.1) is 0 Å². The summed E-state index contributed by atoms with van der Waals surface area (Å²) in [6.07, 6.45) is -3.56. The van der Waals surface area contributed by atoms with Gasteiger partial charge in [-0.2, -0.15) is 13.2 Å². The average molecular weight is 291 g/mol. The van der Waals surface area contributed by atoms with E-state index in [0.29, 0.717) is 5.56 Å². The van der Waals surface area contributed by atoms with E-state index in [0.717, 1.165) is 10.5 Å². The van der Waals surface area contributed by atoms with Crippen molar-refractivity contribution in [3.63, 3.8) is 0 Å². The van der Waals surface area contributed by atoms with Gasteiger partial charge in [0.25, 0.3) is 0 Å². The van der Waals surface area contributed by atoms with E-state index in [9.17, 15) is 13.2 Å². The first-order valence-electron chi connectivity index (χ1n) is 4.71. The van der Waals surface area contributed by atoms with Gasteiger partial charge in [-0.1, -0.05) is 28.1 Å². The van der Waals surface area contributed by atoms with E-state index in [2.05, 4.69) is 15.9 Å². The van der Waals surface area contributed by atoms with E-state index in [1.165, 1.54) is 6.07 Å². The molecule has 0 aromatic heterocycles.